The van der Waals surface area contributed by atoms with Crippen molar-refractivity contribution in [3.05, 3.63) is 6.58 Å². The third kappa shape index (κ3) is 50.9. The molecule has 0 rings (SSSR count). The normalized spacial score (nSPS) is 3.33. The molecule has 0 fully saturated rings. The monoisotopic (exact) mass is 80.1 g/mol. The van der Waals surface area contributed by atoms with Crippen molar-refractivity contribution in [2.45, 2.75) is 6.92 Å². The summed E-state index contributed by atoms with van der Waals surface area (Å²) in [7, 11) is 4.49. The summed E-state index contributed by atoms with van der Waals surface area (Å²) in [5.74, 6) is 0. The Morgan fingerprint density at radius 3 is 2.00 bits per heavy atom. The standard InChI is InChI=1S/C2H2B.C2H5N/c2*1-2-3/h1H2;2-3H,1H3. The molecule has 6 heavy (non-hydrogen) atoms. The van der Waals surface area contributed by atoms with E-state index in [1.165, 1.54) is 6.21 Å². The molecule has 0 amide bonds. The van der Waals surface area contributed by atoms with E-state index in [1.807, 2.05) is 5.62 Å². The number of hydrogen-bond donors (Lipinski definition) is 1. The van der Waals surface area contributed by atoms with E-state index in [4.69, 9.17) is 5.41 Å². The van der Waals surface area contributed by atoms with Gasteiger partial charge in [-0.1, -0.05) is 0 Å². The zero-order valence-corrected chi connectivity index (χ0v) is 3.86. The van der Waals surface area contributed by atoms with E-state index >= 15 is 0 Å². The summed E-state index contributed by atoms with van der Waals surface area (Å²) in [6, 6.07) is 0. The van der Waals surface area contributed by atoms with Crippen molar-refractivity contribution < 1.29 is 0 Å². The van der Waals surface area contributed by atoms with Gasteiger partial charge in [0.15, 0.2) is 0 Å². The second kappa shape index (κ2) is 26.2. The summed E-state index contributed by atoms with van der Waals surface area (Å²) < 4.78 is 0. The van der Waals surface area contributed by atoms with Crippen molar-refractivity contribution in [2.75, 3.05) is 0 Å². The van der Waals surface area contributed by atoms with Gasteiger partial charge in [0.1, 0.15) is 0 Å². The summed E-state index contributed by atoms with van der Waals surface area (Å²) in [5.41, 5.74) is 2.00. The fraction of sp³-hybridized carbons (Fsp3) is 0.250. The Bertz CT molecular complexity index is 52.6. The van der Waals surface area contributed by atoms with Gasteiger partial charge >= 0.3 is 19.7 Å². The van der Waals surface area contributed by atoms with Crippen LogP contribution in [0.1, 0.15) is 6.92 Å². The first-order valence-electron chi connectivity index (χ1n) is 1.51. The fourth-order valence-electron chi connectivity index (χ4n) is 0. The molecule has 1 nitrogen and oxygen atoms in total. The van der Waals surface area contributed by atoms with Gasteiger partial charge < -0.3 is 5.41 Å². The molecule has 0 saturated carbocycles. The molecule has 0 heterocycles. The second-order valence-corrected chi connectivity index (χ2v) is 0.493. The zero-order chi connectivity index (χ0) is 5.41. The first-order valence-corrected chi connectivity index (χ1v) is 1.51. The van der Waals surface area contributed by atoms with Crippen molar-refractivity contribution in [1.29, 1.82) is 5.41 Å². The van der Waals surface area contributed by atoms with E-state index < -0.39 is 0 Å². The van der Waals surface area contributed by atoms with Gasteiger partial charge in [0.2, 0.25) is 0 Å². The van der Waals surface area contributed by atoms with Crippen molar-refractivity contribution in [2.24, 2.45) is 0 Å². The average molecular weight is 79.9 g/mol. The summed E-state index contributed by atoms with van der Waals surface area (Å²) in [6.45, 7) is 4.68. The van der Waals surface area contributed by atoms with Crippen LogP contribution in [-0.4, -0.2) is 19.3 Å². The molecule has 1 N–H and O–H groups in total. The maximum absolute atomic E-state index is 6.08. The minimum absolute atomic E-state index is 1.25. The Hall–Kier alpha value is -0.615. The van der Waals surface area contributed by atoms with E-state index in [0.29, 0.717) is 0 Å². The van der Waals surface area contributed by atoms with Crippen molar-refractivity contribution in [3.8, 4) is 0 Å². The van der Waals surface area contributed by atoms with Gasteiger partial charge in [-0.05, 0) is 13.1 Å². The Labute approximate surface area is 39.3 Å². The molecule has 0 spiro atoms. The second-order valence-electron chi connectivity index (χ2n) is 0.493. The van der Waals surface area contributed by atoms with Crippen LogP contribution in [0.3, 0.4) is 0 Å². The van der Waals surface area contributed by atoms with E-state index in [0.717, 1.165) is 0 Å². The predicted molar refractivity (Wildman–Crippen MR) is 30.8 cm³/mol. The summed E-state index contributed by atoms with van der Waals surface area (Å²) in [6.07, 6.45) is 1.25. The van der Waals surface area contributed by atoms with Gasteiger partial charge in [-0.2, -0.15) is 0 Å². The van der Waals surface area contributed by atoms with Gasteiger partial charge in [0.05, 0.1) is 0 Å². The van der Waals surface area contributed by atoms with Crippen LogP contribution < -0.4 is 0 Å². The van der Waals surface area contributed by atoms with Crippen LogP contribution >= 0.6 is 0 Å². The number of hydrogen-bond acceptors (Lipinski definition) is 1. The third-order valence-corrected chi connectivity index (χ3v) is 0. The fourth-order valence-corrected chi connectivity index (χ4v) is 0. The molecule has 0 aromatic carbocycles. The Kier molecular flexibility index (Phi) is 39.5. The van der Waals surface area contributed by atoms with Gasteiger partial charge in [0.25, 0.3) is 0 Å². The molecule has 0 aliphatic heterocycles. The van der Waals surface area contributed by atoms with Gasteiger partial charge in [0, 0.05) is 0 Å². The Morgan fingerprint density at radius 1 is 2.00 bits per heavy atom. The molecule has 0 saturated heterocycles. The van der Waals surface area contributed by atoms with Crippen molar-refractivity contribution in [3.63, 3.8) is 0 Å². The molecule has 2 heteroatoms. The molecule has 0 aliphatic rings. The topological polar surface area (TPSA) is 23.9 Å². The van der Waals surface area contributed by atoms with E-state index in [2.05, 4.69) is 14.1 Å². The third-order valence-electron chi connectivity index (χ3n) is 0. The average Bonchev–Trinajstić information content (AvgIpc) is 1.39. The molecule has 0 unspecified atom stereocenters. The van der Waals surface area contributed by atoms with Gasteiger partial charge in [-0.15, -0.1) is 0 Å². The van der Waals surface area contributed by atoms with Crippen LogP contribution in [0.25, 0.3) is 0 Å². The molecule has 0 bridgehead atoms. The molecule has 1 radical (unpaired) electrons. The summed E-state index contributed by atoms with van der Waals surface area (Å²) in [4.78, 5) is 0. The Morgan fingerprint density at radius 2 is 2.00 bits per heavy atom. The SMILES string of the molecule is CC=N.[B]=C=C. The van der Waals surface area contributed by atoms with Crippen LogP contribution in [0, 0.1) is 5.41 Å². The van der Waals surface area contributed by atoms with Crippen LogP contribution in [0.4, 0.5) is 0 Å². The minimum atomic E-state index is 1.25. The predicted octanol–water partition coefficient (Wildman–Crippen LogP) is 0.398. The maximum atomic E-state index is 6.08. The molecule has 31 valence electrons. The van der Waals surface area contributed by atoms with E-state index in [9.17, 15) is 0 Å². The first-order chi connectivity index (χ1) is 2.83. The van der Waals surface area contributed by atoms with Crippen LogP contribution in [0.15, 0.2) is 6.58 Å². The molecular formula is C4H7BN. The molecule has 0 aromatic rings. The van der Waals surface area contributed by atoms with Crippen LogP contribution in [-0.2, 0) is 0 Å². The molecule has 0 aliphatic carbocycles. The van der Waals surface area contributed by atoms with Crippen molar-refractivity contribution in [1.82, 2.24) is 0 Å². The summed E-state index contributed by atoms with van der Waals surface area (Å²) in [5, 5.41) is 6.08. The Balaban J connectivity index is 0. The van der Waals surface area contributed by atoms with Crippen LogP contribution in [0.2, 0.25) is 0 Å². The molecule has 0 atom stereocenters. The first kappa shape index (κ1) is 9.04. The molecule has 0 aromatic heterocycles. The quantitative estimate of drug-likeness (QED) is 0.321. The number of nitrogens with one attached hydrogen (secondary N) is 1. The molecular weight excluding hydrogens is 72.9 g/mol. The zero-order valence-electron chi connectivity index (χ0n) is 3.86. The van der Waals surface area contributed by atoms with Gasteiger partial charge in [-0.3, -0.25) is 0 Å². The van der Waals surface area contributed by atoms with Gasteiger partial charge in [-0.25, -0.2) is 0 Å². The van der Waals surface area contributed by atoms with Crippen molar-refractivity contribution >= 4 is 19.3 Å². The van der Waals surface area contributed by atoms with E-state index in [-0.39, 0.29) is 0 Å². The number of rotatable bonds is 0. The summed E-state index contributed by atoms with van der Waals surface area (Å²) >= 11 is 0. The van der Waals surface area contributed by atoms with Crippen LogP contribution in [0.5, 0.6) is 0 Å². The van der Waals surface area contributed by atoms with E-state index in [1.54, 1.807) is 6.92 Å².